The normalized spacial score (nSPS) is 22.7. The summed E-state index contributed by atoms with van der Waals surface area (Å²) in [7, 11) is 1.61. The van der Waals surface area contributed by atoms with Crippen LogP contribution in [-0.2, 0) is 25.6 Å². The van der Waals surface area contributed by atoms with Gasteiger partial charge in [-0.3, -0.25) is 29.4 Å². The summed E-state index contributed by atoms with van der Waals surface area (Å²) in [5.41, 5.74) is 1.12. The fourth-order valence-electron chi connectivity index (χ4n) is 10.8. The highest BCUT2D eigenvalue weighted by molar-refractivity contribution is 6.31. The third-order valence-electron chi connectivity index (χ3n) is 14.2. The van der Waals surface area contributed by atoms with Gasteiger partial charge in [0.25, 0.3) is 11.8 Å². The van der Waals surface area contributed by atoms with Crippen LogP contribution in [0.4, 0.5) is 15.9 Å². The molecule has 4 fully saturated rings. The zero-order chi connectivity index (χ0) is 47.6. The molecule has 18 heteroatoms. The molecule has 3 aromatic rings. The van der Waals surface area contributed by atoms with Gasteiger partial charge >= 0.3 is 0 Å². The zero-order valence-corrected chi connectivity index (χ0v) is 39.6. The number of piperazine rings is 1. The van der Waals surface area contributed by atoms with Crippen molar-refractivity contribution in [2.75, 3.05) is 89.2 Å². The van der Waals surface area contributed by atoms with Crippen LogP contribution in [0, 0.1) is 33.9 Å². The van der Waals surface area contributed by atoms with Crippen LogP contribution >= 0.6 is 11.6 Å². The van der Waals surface area contributed by atoms with Crippen molar-refractivity contribution in [3.8, 4) is 17.6 Å². The third-order valence-corrected chi connectivity index (χ3v) is 14.5. The Morgan fingerprint density at radius 1 is 0.955 bits per heavy atom. The number of benzene rings is 2. The number of fused-ring (bicyclic) bond motifs is 1. The van der Waals surface area contributed by atoms with E-state index in [1.54, 1.807) is 37.6 Å². The number of nitrogens with one attached hydrogen (secondary N) is 2. The second-order valence-corrected chi connectivity index (χ2v) is 19.8. The van der Waals surface area contributed by atoms with Crippen molar-refractivity contribution in [2.24, 2.45) is 16.7 Å². The lowest BCUT2D eigenvalue weighted by Gasteiger charge is -2.63. The second-order valence-electron chi connectivity index (χ2n) is 19.4. The Labute approximate surface area is 396 Å². The number of carbonyl (C=O) groups is 4. The molecule has 1 unspecified atom stereocenters. The Bertz CT molecular complexity index is 2400. The lowest BCUT2D eigenvalue weighted by Crippen LogP contribution is -2.74. The summed E-state index contributed by atoms with van der Waals surface area (Å²) in [5, 5.41) is 15.2. The summed E-state index contributed by atoms with van der Waals surface area (Å²) in [6.07, 6.45) is 3.64. The molecule has 16 nitrogen and oxygen atoms in total. The summed E-state index contributed by atoms with van der Waals surface area (Å²) in [6, 6.07) is 11.0. The molecule has 0 radical (unpaired) electrons. The average Bonchev–Trinajstić information content (AvgIpc) is 3.62. The van der Waals surface area contributed by atoms with E-state index in [1.807, 2.05) is 11.0 Å². The molecular weight excluding hydrogens is 883 g/mol. The molecule has 1 aliphatic carbocycles. The summed E-state index contributed by atoms with van der Waals surface area (Å²) < 4.78 is 39.0. The Kier molecular flexibility index (Phi) is 14.3. The first-order chi connectivity index (χ1) is 32.1. The van der Waals surface area contributed by atoms with Crippen molar-refractivity contribution in [3.05, 3.63) is 75.7 Å². The molecule has 0 spiro atoms. The smallest absolute Gasteiger partial charge is 0.256 e. The van der Waals surface area contributed by atoms with E-state index in [0.29, 0.717) is 83.3 Å². The van der Waals surface area contributed by atoms with E-state index in [4.69, 9.17) is 35.5 Å². The standard InChI is InChI=1S/C49H60ClFN8O8/c1-48(2)46(49(3,4)47(48)67-33-7-6-31(26-52)36(50)23-33)55-43(61)35-27-53-41(25-40(35)66-21-20-65-19-18-64-5)58-12-10-30(11-13-58)28-56-14-16-57(17-15-56)39-24-34-32(22-37(39)51)29-59(45(34)63)38-8-9-42(60)54-44(38)62/h6-7,22-25,27,30,38,46-47H,8-21,28-29H2,1-5H3,(H,55,61)(H,54,60,62)/t38?,46-,47-. The second kappa shape index (κ2) is 20.0. The van der Waals surface area contributed by atoms with E-state index in [2.05, 4.69) is 54.2 Å². The van der Waals surface area contributed by atoms with E-state index in [-0.39, 0.29) is 61.7 Å². The number of pyridine rings is 1. The van der Waals surface area contributed by atoms with E-state index in [1.165, 1.54) is 11.0 Å². The SMILES string of the molecule is COCCOCCOc1cc(N2CCC(CN3CCN(c4cc5c(cc4F)CN(C4CCC(=O)NC4=O)C5=O)CC3)CC2)ncc1C(=O)N[C@H]1C(C)(C)[C@H](Oc2ccc(C#N)c(Cl)c2)C1(C)C. The van der Waals surface area contributed by atoms with Crippen molar-refractivity contribution < 1.29 is 42.5 Å². The topological polar surface area (TPSA) is 179 Å². The number of nitrogens with zero attached hydrogens (tertiary/aromatic N) is 6. The quantitative estimate of drug-likeness (QED) is 0.142. The highest BCUT2D eigenvalue weighted by Crippen LogP contribution is 2.56. The van der Waals surface area contributed by atoms with Crippen molar-refractivity contribution in [1.29, 1.82) is 5.26 Å². The minimum atomic E-state index is -0.748. The molecule has 1 saturated carbocycles. The summed E-state index contributed by atoms with van der Waals surface area (Å²) in [5.74, 6) is 0.318. The highest BCUT2D eigenvalue weighted by Gasteiger charge is 2.64. The Morgan fingerprint density at radius 3 is 2.37 bits per heavy atom. The maximum absolute atomic E-state index is 15.6. The molecule has 358 valence electrons. The van der Waals surface area contributed by atoms with Crippen LogP contribution in [-0.4, -0.2) is 136 Å². The molecule has 67 heavy (non-hydrogen) atoms. The molecule has 4 aliphatic heterocycles. The molecule has 5 aliphatic rings. The van der Waals surface area contributed by atoms with Gasteiger partial charge in [-0.2, -0.15) is 5.26 Å². The van der Waals surface area contributed by atoms with Gasteiger partial charge in [0.2, 0.25) is 11.8 Å². The first-order valence-corrected chi connectivity index (χ1v) is 23.5. The van der Waals surface area contributed by atoms with Crippen LogP contribution in [0.5, 0.6) is 11.5 Å². The molecule has 8 rings (SSSR count). The van der Waals surface area contributed by atoms with Gasteiger partial charge in [-0.05, 0) is 55.0 Å². The fraction of sp³-hybridized carbons (Fsp3) is 0.551. The molecule has 1 aromatic heterocycles. The predicted octanol–water partition coefficient (Wildman–Crippen LogP) is 5.20. The minimum Gasteiger partial charge on any atom is -0.490 e. The van der Waals surface area contributed by atoms with E-state index in [9.17, 15) is 24.4 Å². The number of halogens is 2. The number of anilines is 2. The van der Waals surface area contributed by atoms with Crippen molar-refractivity contribution in [2.45, 2.75) is 78.1 Å². The number of amides is 4. The number of rotatable bonds is 16. The molecule has 1 atom stereocenters. The lowest BCUT2D eigenvalue weighted by molar-refractivity contribution is -0.164. The van der Waals surface area contributed by atoms with Gasteiger partial charge in [-0.25, -0.2) is 9.37 Å². The Morgan fingerprint density at radius 2 is 1.69 bits per heavy atom. The zero-order valence-electron chi connectivity index (χ0n) is 38.9. The molecule has 2 aromatic carbocycles. The monoisotopic (exact) mass is 942 g/mol. The van der Waals surface area contributed by atoms with Gasteiger partial charge in [0.05, 0.1) is 41.7 Å². The number of aromatic nitrogens is 1. The molecular formula is C49H60ClFN8O8. The van der Waals surface area contributed by atoms with Crippen LogP contribution in [0.15, 0.2) is 42.6 Å². The number of methoxy groups -OCH3 is 1. The first kappa shape index (κ1) is 47.9. The number of nitriles is 1. The van der Waals surface area contributed by atoms with E-state index in [0.717, 1.165) is 51.4 Å². The van der Waals surface area contributed by atoms with Crippen LogP contribution in [0.3, 0.4) is 0 Å². The van der Waals surface area contributed by atoms with Crippen LogP contribution < -0.4 is 29.9 Å². The highest BCUT2D eigenvalue weighted by atomic mass is 35.5. The van der Waals surface area contributed by atoms with Crippen molar-refractivity contribution >= 4 is 46.7 Å². The summed E-state index contributed by atoms with van der Waals surface area (Å²) in [4.78, 5) is 64.6. The maximum atomic E-state index is 15.6. The van der Waals surface area contributed by atoms with Gasteiger partial charge < -0.3 is 39.0 Å². The van der Waals surface area contributed by atoms with Crippen molar-refractivity contribution in [1.82, 2.24) is 25.4 Å². The molecule has 2 N–H and O–H groups in total. The number of hydrogen-bond acceptors (Lipinski definition) is 13. The predicted molar refractivity (Wildman–Crippen MR) is 248 cm³/mol. The van der Waals surface area contributed by atoms with E-state index >= 15 is 4.39 Å². The molecule has 3 saturated heterocycles. The lowest BCUT2D eigenvalue weighted by atomic mass is 9.49. The van der Waals surface area contributed by atoms with Crippen LogP contribution in [0.2, 0.25) is 5.02 Å². The van der Waals surface area contributed by atoms with Gasteiger partial charge in [0.15, 0.2) is 0 Å². The largest absolute Gasteiger partial charge is 0.490 e. The molecule has 0 bridgehead atoms. The van der Waals surface area contributed by atoms with Crippen LogP contribution in [0.1, 0.15) is 85.2 Å². The summed E-state index contributed by atoms with van der Waals surface area (Å²) >= 11 is 6.30. The Hall–Kier alpha value is -5.54. The van der Waals surface area contributed by atoms with E-state index < -0.39 is 22.8 Å². The van der Waals surface area contributed by atoms with Crippen LogP contribution in [0.25, 0.3) is 0 Å². The number of piperidine rings is 2. The van der Waals surface area contributed by atoms with Gasteiger partial charge in [-0.1, -0.05) is 39.3 Å². The third kappa shape index (κ3) is 10.0. The molecule has 4 amide bonds. The summed E-state index contributed by atoms with van der Waals surface area (Å²) in [6.45, 7) is 15.0. The van der Waals surface area contributed by atoms with Gasteiger partial charge in [0.1, 0.15) is 48.0 Å². The van der Waals surface area contributed by atoms with Gasteiger partial charge in [0, 0.05) is 107 Å². The molecule has 5 heterocycles. The Balaban J connectivity index is 0.856. The number of carbonyl (C=O) groups excluding carboxylic acids is 4. The number of hydrogen-bond donors (Lipinski definition) is 2. The average molecular weight is 944 g/mol. The van der Waals surface area contributed by atoms with Gasteiger partial charge in [-0.15, -0.1) is 0 Å². The van der Waals surface area contributed by atoms with Crippen molar-refractivity contribution in [3.63, 3.8) is 0 Å². The number of imide groups is 1. The first-order valence-electron chi connectivity index (χ1n) is 23.1. The number of ether oxygens (including phenoxy) is 4. The maximum Gasteiger partial charge on any atom is 0.256 e. The fourth-order valence-corrected chi connectivity index (χ4v) is 11.1. The minimum absolute atomic E-state index is 0.138.